The van der Waals surface area contributed by atoms with E-state index < -0.39 is 17.7 Å². The molecule has 1 unspecified atom stereocenters. The maximum atomic E-state index is 13.0. The average Bonchev–Trinajstić information content (AvgIpc) is 3.05. The highest BCUT2D eigenvalue weighted by Crippen LogP contribution is 2.40. The maximum absolute atomic E-state index is 13.0. The molecule has 0 spiro atoms. The van der Waals surface area contributed by atoms with Gasteiger partial charge in [-0.3, -0.25) is 19.6 Å². The number of carbonyl (C=O) groups excluding carboxylic acids is 2. The molecule has 1 saturated heterocycles. The molecule has 1 aromatic carbocycles. The van der Waals surface area contributed by atoms with Gasteiger partial charge in [-0.2, -0.15) is 0 Å². The number of benzene rings is 1. The molecule has 1 fully saturated rings. The molecular formula is C24H21N3O4. The van der Waals surface area contributed by atoms with Crippen LogP contribution in [0.1, 0.15) is 29.7 Å². The number of ketones is 1. The van der Waals surface area contributed by atoms with Crippen molar-refractivity contribution >= 4 is 17.4 Å². The van der Waals surface area contributed by atoms with Crippen LogP contribution in [0, 0.1) is 0 Å². The van der Waals surface area contributed by atoms with Crippen LogP contribution in [0.2, 0.25) is 0 Å². The highest BCUT2D eigenvalue weighted by molar-refractivity contribution is 6.46. The zero-order valence-electron chi connectivity index (χ0n) is 16.9. The Morgan fingerprint density at radius 3 is 2.35 bits per heavy atom. The predicted octanol–water partition coefficient (Wildman–Crippen LogP) is 3.50. The second-order valence-electron chi connectivity index (χ2n) is 7.03. The number of hydrogen-bond donors (Lipinski definition) is 1. The minimum atomic E-state index is -0.763. The van der Waals surface area contributed by atoms with Gasteiger partial charge in [0.25, 0.3) is 11.7 Å². The largest absolute Gasteiger partial charge is 0.507 e. The quantitative estimate of drug-likeness (QED) is 0.376. The number of aromatic nitrogens is 2. The minimum Gasteiger partial charge on any atom is -0.507 e. The molecule has 7 nitrogen and oxygen atoms in total. The second kappa shape index (κ2) is 8.79. The molecule has 1 atom stereocenters. The van der Waals surface area contributed by atoms with E-state index in [1.807, 2.05) is 13.0 Å². The van der Waals surface area contributed by atoms with Gasteiger partial charge in [-0.15, -0.1) is 0 Å². The van der Waals surface area contributed by atoms with E-state index in [0.29, 0.717) is 23.5 Å². The van der Waals surface area contributed by atoms with Gasteiger partial charge in [0.2, 0.25) is 0 Å². The molecule has 4 rings (SSSR count). The van der Waals surface area contributed by atoms with Crippen LogP contribution >= 0.6 is 0 Å². The summed E-state index contributed by atoms with van der Waals surface area (Å²) in [5, 5.41) is 11.1. The Labute approximate surface area is 179 Å². The van der Waals surface area contributed by atoms with Crippen molar-refractivity contribution in [1.82, 2.24) is 14.9 Å². The van der Waals surface area contributed by atoms with E-state index in [4.69, 9.17) is 4.74 Å². The third-order valence-corrected chi connectivity index (χ3v) is 5.05. The molecule has 3 heterocycles. The van der Waals surface area contributed by atoms with E-state index in [2.05, 4.69) is 9.97 Å². The van der Waals surface area contributed by atoms with Gasteiger partial charge in [0.05, 0.1) is 18.2 Å². The fourth-order valence-corrected chi connectivity index (χ4v) is 3.65. The van der Waals surface area contributed by atoms with Crippen LogP contribution < -0.4 is 4.74 Å². The van der Waals surface area contributed by atoms with Gasteiger partial charge in [0.1, 0.15) is 11.5 Å². The molecular weight excluding hydrogens is 394 g/mol. The van der Waals surface area contributed by atoms with E-state index >= 15 is 0 Å². The van der Waals surface area contributed by atoms with Crippen LogP contribution in [0.5, 0.6) is 5.75 Å². The number of hydrogen-bond acceptors (Lipinski definition) is 6. The fraction of sp³-hybridized carbons (Fsp3) is 0.167. The lowest BCUT2D eigenvalue weighted by molar-refractivity contribution is -0.140. The monoisotopic (exact) mass is 415 g/mol. The predicted molar refractivity (Wildman–Crippen MR) is 114 cm³/mol. The smallest absolute Gasteiger partial charge is 0.295 e. The number of aliphatic hydroxyl groups is 1. The second-order valence-corrected chi connectivity index (χ2v) is 7.03. The summed E-state index contributed by atoms with van der Waals surface area (Å²) in [7, 11) is 0. The molecule has 1 aliphatic rings. The topological polar surface area (TPSA) is 92.6 Å². The lowest BCUT2D eigenvalue weighted by atomic mass is 9.96. The minimum absolute atomic E-state index is 0.0334. The van der Waals surface area contributed by atoms with Crippen molar-refractivity contribution in [1.29, 1.82) is 0 Å². The fourth-order valence-electron chi connectivity index (χ4n) is 3.65. The number of Topliss-reactive ketones (excluding diaryl/α,β-unsaturated/α-hetero) is 1. The first-order chi connectivity index (χ1) is 15.1. The molecule has 0 bridgehead atoms. The summed E-state index contributed by atoms with van der Waals surface area (Å²) in [6.07, 6.45) is 6.50. The Bertz CT molecular complexity index is 1110. The molecule has 2 aromatic heterocycles. The van der Waals surface area contributed by atoms with Crippen molar-refractivity contribution in [3.05, 3.63) is 95.6 Å². The highest BCUT2D eigenvalue weighted by Gasteiger charge is 2.46. The summed E-state index contributed by atoms with van der Waals surface area (Å²) in [5.74, 6) is -0.988. The molecule has 31 heavy (non-hydrogen) atoms. The summed E-state index contributed by atoms with van der Waals surface area (Å²) < 4.78 is 5.44. The van der Waals surface area contributed by atoms with Crippen LogP contribution in [-0.4, -0.2) is 38.3 Å². The molecule has 0 radical (unpaired) electrons. The maximum Gasteiger partial charge on any atom is 0.295 e. The zero-order chi connectivity index (χ0) is 21.8. The van der Waals surface area contributed by atoms with Crippen molar-refractivity contribution in [2.24, 2.45) is 0 Å². The number of likely N-dealkylation sites (tertiary alicyclic amines) is 1. The molecule has 1 N–H and O–H groups in total. The van der Waals surface area contributed by atoms with Crippen molar-refractivity contribution in [3.8, 4) is 5.75 Å². The Morgan fingerprint density at radius 1 is 1.03 bits per heavy atom. The van der Waals surface area contributed by atoms with E-state index in [0.717, 1.165) is 5.56 Å². The number of rotatable bonds is 6. The number of nitrogens with zero attached hydrogens (tertiary/aromatic N) is 3. The molecule has 1 amide bonds. The molecule has 1 aliphatic heterocycles. The van der Waals surface area contributed by atoms with Gasteiger partial charge in [-0.05, 0) is 54.4 Å². The van der Waals surface area contributed by atoms with Gasteiger partial charge in [-0.1, -0.05) is 12.1 Å². The lowest BCUT2D eigenvalue weighted by Gasteiger charge is -2.25. The third kappa shape index (κ3) is 4.02. The Kier molecular flexibility index (Phi) is 5.75. The standard InChI is InChI=1S/C24H21N3O4/c1-2-31-19-9-7-17(8-10-19)22(28)20-21(18-6-4-12-26-14-18)27(24(30)23(20)29)15-16-5-3-11-25-13-16/h3-14,21,28H,2,15H2,1H3/b22-20-. The molecule has 0 saturated carbocycles. The Balaban J connectivity index is 1.80. The van der Waals surface area contributed by atoms with E-state index in [-0.39, 0.29) is 17.9 Å². The van der Waals surface area contributed by atoms with E-state index in [9.17, 15) is 14.7 Å². The number of amides is 1. The Hall–Kier alpha value is -4.00. The van der Waals surface area contributed by atoms with E-state index in [1.165, 1.54) is 4.90 Å². The Morgan fingerprint density at radius 2 is 1.74 bits per heavy atom. The first kappa shape index (κ1) is 20.3. The zero-order valence-corrected chi connectivity index (χ0v) is 16.9. The van der Waals surface area contributed by atoms with Gasteiger partial charge >= 0.3 is 0 Å². The highest BCUT2D eigenvalue weighted by atomic mass is 16.5. The van der Waals surface area contributed by atoms with Crippen molar-refractivity contribution in [3.63, 3.8) is 0 Å². The van der Waals surface area contributed by atoms with Crippen LogP contribution in [0.25, 0.3) is 5.76 Å². The van der Waals surface area contributed by atoms with Crippen LogP contribution in [0.4, 0.5) is 0 Å². The summed E-state index contributed by atoms with van der Waals surface area (Å²) in [6.45, 7) is 2.58. The summed E-state index contributed by atoms with van der Waals surface area (Å²) >= 11 is 0. The SMILES string of the molecule is CCOc1ccc(/C(O)=C2/C(=O)C(=O)N(Cc3cccnc3)C2c2cccnc2)cc1. The lowest BCUT2D eigenvalue weighted by Crippen LogP contribution is -2.29. The van der Waals surface area contributed by atoms with Gasteiger partial charge < -0.3 is 14.7 Å². The van der Waals surface area contributed by atoms with Crippen molar-refractivity contribution in [2.75, 3.05) is 6.61 Å². The number of carbonyl (C=O) groups is 2. The van der Waals surface area contributed by atoms with Crippen molar-refractivity contribution < 1.29 is 19.4 Å². The molecule has 0 aliphatic carbocycles. The van der Waals surface area contributed by atoms with Gasteiger partial charge in [0.15, 0.2) is 0 Å². The first-order valence-corrected chi connectivity index (χ1v) is 9.90. The van der Waals surface area contributed by atoms with Crippen LogP contribution in [0.3, 0.4) is 0 Å². The molecule has 156 valence electrons. The summed E-state index contributed by atoms with van der Waals surface area (Å²) in [5.41, 5.74) is 1.88. The van der Waals surface area contributed by atoms with Crippen LogP contribution in [0.15, 0.2) is 78.9 Å². The number of pyridine rings is 2. The summed E-state index contributed by atoms with van der Waals surface area (Å²) in [4.78, 5) is 35.6. The third-order valence-electron chi connectivity index (χ3n) is 5.05. The van der Waals surface area contributed by atoms with Gasteiger partial charge in [0, 0.05) is 36.9 Å². The molecule has 7 heteroatoms. The normalized spacial score (nSPS) is 17.7. The number of ether oxygens (including phenoxy) is 1. The summed E-state index contributed by atoms with van der Waals surface area (Å²) in [6, 6.07) is 13.1. The van der Waals surface area contributed by atoms with Crippen LogP contribution in [-0.2, 0) is 16.1 Å². The molecule has 3 aromatic rings. The number of aliphatic hydroxyl groups excluding tert-OH is 1. The first-order valence-electron chi connectivity index (χ1n) is 9.90. The van der Waals surface area contributed by atoms with Gasteiger partial charge in [-0.25, -0.2) is 0 Å². The van der Waals surface area contributed by atoms with Crippen molar-refractivity contribution in [2.45, 2.75) is 19.5 Å². The average molecular weight is 415 g/mol. The van der Waals surface area contributed by atoms with E-state index in [1.54, 1.807) is 67.3 Å².